The van der Waals surface area contributed by atoms with Crippen LogP contribution < -0.4 is 4.74 Å². The quantitative estimate of drug-likeness (QED) is 0.664. The van der Waals surface area contributed by atoms with Crippen LogP contribution in [0.15, 0.2) is 36.4 Å². The number of nitrogens with one attached hydrogen (secondary N) is 1. The summed E-state index contributed by atoms with van der Waals surface area (Å²) >= 11 is 0. The molecule has 0 saturated heterocycles. The van der Waals surface area contributed by atoms with Gasteiger partial charge >= 0.3 is 0 Å². The van der Waals surface area contributed by atoms with Crippen LogP contribution in [0.3, 0.4) is 0 Å². The molecule has 104 valence electrons. The molecule has 1 N–H and O–H groups in total. The Hall–Kier alpha value is -2.29. The van der Waals surface area contributed by atoms with Gasteiger partial charge in [0, 0.05) is 5.56 Å². The third kappa shape index (κ3) is 2.82. The number of rotatable bonds is 3. The van der Waals surface area contributed by atoms with Gasteiger partial charge in [0.15, 0.2) is 0 Å². The molecule has 3 heteroatoms. The van der Waals surface area contributed by atoms with Crippen molar-refractivity contribution in [2.45, 2.75) is 20.8 Å². The summed E-state index contributed by atoms with van der Waals surface area (Å²) in [6, 6.07) is 11.5. The molecule has 2 aromatic carbocycles. The molecule has 20 heavy (non-hydrogen) atoms. The van der Waals surface area contributed by atoms with Gasteiger partial charge in [0.25, 0.3) is 0 Å². The first-order valence-electron chi connectivity index (χ1n) is 6.50. The van der Waals surface area contributed by atoms with Crippen molar-refractivity contribution >= 4 is 5.90 Å². The lowest BCUT2D eigenvalue weighted by atomic mass is 10.1. The molecule has 0 bridgehead atoms. The Morgan fingerprint density at radius 2 is 1.50 bits per heavy atom. The van der Waals surface area contributed by atoms with Gasteiger partial charge in [0.2, 0.25) is 5.90 Å². The topological polar surface area (TPSA) is 42.3 Å². The SMILES string of the molecule is COC(=N)c1ccc(Oc2c(C)ccc(C)c2C)cc1. The summed E-state index contributed by atoms with van der Waals surface area (Å²) in [6.07, 6.45) is 0. The second-order valence-corrected chi connectivity index (χ2v) is 4.81. The molecule has 2 rings (SSSR count). The first-order chi connectivity index (χ1) is 9.52. The maximum Gasteiger partial charge on any atom is 0.212 e. The highest BCUT2D eigenvalue weighted by Gasteiger charge is 2.08. The van der Waals surface area contributed by atoms with Crippen LogP contribution in [0, 0.1) is 26.2 Å². The van der Waals surface area contributed by atoms with Crippen LogP contribution in [0.1, 0.15) is 22.3 Å². The predicted molar refractivity (Wildman–Crippen MR) is 81.0 cm³/mol. The van der Waals surface area contributed by atoms with Crippen molar-refractivity contribution < 1.29 is 9.47 Å². The molecular formula is C17H19NO2. The second kappa shape index (κ2) is 5.78. The van der Waals surface area contributed by atoms with E-state index in [0.29, 0.717) is 0 Å². The molecule has 0 radical (unpaired) electrons. The largest absolute Gasteiger partial charge is 0.481 e. The van der Waals surface area contributed by atoms with E-state index in [2.05, 4.69) is 26.0 Å². The molecule has 0 aliphatic rings. The second-order valence-electron chi connectivity index (χ2n) is 4.81. The summed E-state index contributed by atoms with van der Waals surface area (Å²) in [7, 11) is 1.49. The minimum absolute atomic E-state index is 0.152. The maximum atomic E-state index is 7.60. The fraction of sp³-hybridized carbons (Fsp3) is 0.235. The Kier molecular flexibility index (Phi) is 4.08. The lowest BCUT2D eigenvalue weighted by Gasteiger charge is -2.14. The Morgan fingerprint density at radius 1 is 0.900 bits per heavy atom. The molecular weight excluding hydrogens is 250 g/mol. The van der Waals surface area contributed by atoms with Crippen LogP contribution in [0.4, 0.5) is 0 Å². The van der Waals surface area contributed by atoms with Gasteiger partial charge in [-0.25, -0.2) is 0 Å². The van der Waals surface area contributed by atoms with Crippen LogP contribution >= 0.6 is 0 Å². The zero-order valence-electron chi connectivity index (χ0n) is 12.3. The fourth-order valence-electron chi connectivity index (χ4n) is 1.99. The summed E-state index contributed by atoms with van der Waals surface area (Å²) in [4.78, 5) is 0. The van der Waals surface area contributed by atoms with E-state index in [0.717, 1.165) is 28.2 Å². The van der Waals surface area contributed by atoms with Gasteiger partial charge in [-0.15, -0.1) is 0 Å². The Labute approximate surface area is 119 Å². The minimum Gasteiger partial charge on any atom is -0.481 e. The molecule has 0 aliphatic heterocycles. The van der Waals surface area contributed by atoms with Crippen molar-refractivity contribution in [1.29, 1.82) is 5.41 Å². The van der Waals surface area contributed by atoms with E-state index in [9.17, 15) is 0 Å². The van der Waals surface area contributed by atoms with Crippen molar-refractivity contribution in [2.75, 3.05) is 7.11 Å². The molecule has 0 aliphatic carbocycles. The highest BCUT2D eigenvalue weighted by molar-refractivity contribution is 5.91. The summed E-state index contributed by atoms with van der Waals surface area (Å²) < 4.78 is 10.9. The summed E-state index contributed by atoms with van der Waals surface area (Å²) in [5, 5.41) is 7.60. The average Bonchev–Trinajstić information content (AvgIpc) is 2.47. The summed E-state index contributed by atoms with van der Waals surface area (Å²) in [5.41, 5.74) is 4.21. The van der Waals surface area contributed by atoms with E-state index in [1.165, 1.54) is 12.7 Å². The van der Waals surface area contributed by atoms with E-state index >= 15 is 0 Å². The fourth-order valence-corrected chi connectivity index (χ4v) is 1.99. The highest BCUT2D eigenvalue weighted by Crippen LogP contribution is 2.30. The molecule has 0 atom stereocenters. The molecule has 0 spiro atoms. The minimum atomic E-state index is 0.152. The number of methoxy groups -OCH3 is 1. The third-order valence-electron chi connectivity index (χ3n) is 3.41. The van der Waals surface area contributed by atoms with E-state index in [4.69, 9.17) is 14.9 Å². The first kappa shape index (κ1) is 14.1. The van der Waals surface area contributed by atoms with Crippen LogP contribution in [0.5, 0.6) is 11.5 Å². The van der Waals surface area contributed by atoms with Gasteiger partial charge in [-0.3, -0.25) is 5.41 Å². The van der Waals surface area contributed by atoms with Crippen molar-refractivity contribution in [1.82, 2.24) is 0 Å². The van der Waals surface area contributed by atoms with Gasteiger partial charge in [-0.05, 0) is 61.7 Å². The number of ether oxygens (including phenoxy) is 2. The monoisotopic (exact) mass is 269 g/mol. The van der Waals surface area contributed by atoms with Gasteiger partial charge in [-0.2, -0.15) is 0 Å². The Bertz CT molecular complexity index is 630. The number of hydrogen-bond acceptors (Lipinski definition) is 3. The van der Waals surface area contributed by atoms with Gasteiger partial charge in [0.1, 0.15) is 11.5 Å². The van der Waals surface area contributed by atoms with Gasteiger partial charge < -0.3 is 9.47 Å². The van der Waals surface area contributed by atoms with Crippen molar-refractivity contribution in [3.05, 3.63) is 58.7 Å². The average molecular weight is 269 g/mol. The van der Waals surface area contributed by atoms with E-state index in [-0.39, 0.29) is 5.90 Å². The number of hydrogen-bond donors (Lipinski definition) is 1. The van der Waals surface area contributed by atoms with E-state index in [1.807, 2.05) is 31.2 Å². The standard InChI is InChI=1S/C17H19NO2/c1-11-5-6-12(2)16(13(11)3)20-15-9-7-14(8-10-15)17(18)19-4/h5-10,18H,1-4H3. The summed E-state index contributed by atoms with van der Waals surface area (Å²) in [6.45, 7) is 6.17. The van der Waals surface area contributed by atoms with Crippen molar-refractivity contribution in [3.8, 4) is 11.5 Å². The predicted octanol–water partition coefficient (Wildman–Crippen LogP) is 4.38. The molecule has 0 aromatic heterocycles. The highest BCUT2D eigenvalue weighted by atomic mass is 16.5. The zero-order chi connectivity index (χ0) is 14.7. The van der Waals surface area contributed by atoms with Crippen LogP contribution in [0.25, 0.3) is 0 Å². The smallest absolute Gasteiger partial charge is 0.212 e. The van der Waals surface area contributed by atoms with Crippen molar-refractivity contribution in [3.63, 3.8) is 0 Å². The maximum absolute atomic E-state index is 7.60. The normalized spacial score (nSPS) is 10.2. The molecule has 3 nitrogen and oxygen atoms in total. The lowest BCUT2D eigenvalue weighted by molar-refractivity contribution is 0.401. The van der Waals surface area contributed by atoms with Crippen LogP contribution in [0.2, 0.25) is 0 Å². The molecule has 0 unspecified atom stereocenters. The van der Waals surface area contributed by atoms with Crippen LogP contribution in [-0.2, 0) is 4.74 Å². The summed E-state index contributed by atoms with van der Waals surface area (Å²) in [5.74, 6) is 1.81. The van der Waals surface area contributed by atoms with E-state index < -0.39 is 0 Å². The molecule has 2 aromatic rings. The van der Waals surface area contributed by atoms with E-state index in [1.54, 1.807) is 0 Å². The van der Waals surface area contributed by atoms with Gasteiger partial charge in [0.05, 0.1) is 7.11 Å². The molecule has 0 fully saturated rings. The molecule has 0 saturated carbocycles. The number of benzene rings is 2. The zero-order valence-corrected chi connectivity index (χ0v) is 12.3. The number of aryl methyl sites for hydroxylation is 2. The Morgan fingerprint density at radius 3 is 2.10 bits per heavy atom. The Balaban J connectivity index is 2.27. The third-order valence-corrected chi connectivity index (χ3v) is 3.41. The van der Waals surface area contributed by atoms with Crippen molar-refractivity contribution in [2.24, 2.45) is 0 Å². The van der Waals surface area contributed by atoms with Gasteiger partial charge in [-0.1, -0.05) is 12.1 Å². The molecule has 0 heterocycles. The van der Waals surface area contributed by atoms with Crippen LogP contribution in [-0.4, -0.2) is 13.0 Å². The molecule has 0 amide bonds. The lowest BCUT2D eigenvalue weighted by Crippen LogP contribution is -2.00. The first-order valence-corrected chi connectivity index (χ1v) is 6.50.